The first-order valence-corrected chi connectivity index (χ1v) is 5.33. The molecule has 1 aromatic rings. The topological polar surface area (TPSA) is 29.1 Å². The quantitative estimate of drug-likeness (QED) is 0.842. The highest BCUT2D eigenvalue weighted by Crippen LogP contribution is 2.36. The molecular formula is C9H8F5NOS. The fourth-order valence-electron chi connectivity index (χ4n) is 1.02. The van der Waals surface area contributed by atoms with Crippen molar-refractivity contribution in [1.29, 1.82) is 0 Å². The smallest absolute Gasteiger partial charge is 0.343 e. The number of nitrogens with one attached hydrogen (secondary N) is 1. The van der Waals surface area contributed by atoms with Crippen LogP contribution in [0.25, 0.3) is 0 Å². The minimum atomic E-state index is -5.88. The van der Waals surface area contributed by atoms with Crippen LogP contribution in [0, 0.1) is 0 Å². The van der Waals surface area contributed by atoms with E-state index >= 15 is 0 Å². The number of thiophene rings is 1. The van der Waals surface area contributed by atoms with Crippen molar-refractivity contribution in [1.82, 2.24) is 5.32 Å². The van der Waals surface area contributed by atoms with Gasteiger partial charge in [-0.15, -0.1) is 11.3 Å². The lowest BCUT2D eigenvalue weighted by Gasteiger charge is -2.21. The lowest BCUT2D eigenvalue weighted by molar-refractivity contribution is -0.270. The van der Waals surface area contributed by atoms with Crippen LogP contribution in [-0.2, 0) is 4.79 Å². The van der Waals surface area contributed by atoms with Gasteiger partial charge in [-0.2, -0.15) is 22.0 Å². The van der Waals surface area contributed by atoms with E-state index in [4.69, 9.17) is 0 Å². The summed E-state index contributed by atoms with van der Waals surface area (Å²) >= 11 is 1.15. The Morgan fingerprint density at radius 3 is 2.35 bits per heavy atom. The number of alkyl halides is 5. The zero-order chi connectivity index (χ0) is 13.3. The minimum absolute atomic E-state index is 0.497. The molecule has 0 aliphatic rings. The Labute approximate surface area is 97.4 Å². The third-order valence-electron chi connectivity index (χ3n) is 1.96. The van der Waals surface area contributed by atoms with E-state index in [9.17, 15) is 26.7 Å². The molecule has 0 unspecified atom stereocenters. The lowest BCUT2D eigenvalue weighted by Crippen LogP contribution is -2.50. The summed E-state index contributed by atoms with van der Waals surface area (Å²) in [5, 5.41) is 3.26. The van der Waals surface area contributed by atoms with Crippen LogP contribution in [0.15, 0.2) is 17.5 Å². The van der Waals surface area contributed by atoms with E-state index in [1.165, 1.54) is 13.0 Å². The Morgan fingerprint density at radius 1 is 1.35 bits per heavy atom. The third kappa shape index (κ3) is 2.93. The summed E-state index contributed by atoms with van der Waals surface area (Å²) < 4.78 is 60.8. The highest BCUT2D eigenvalue weighted by molar-refractivity contribution is 7.10. The second kappa shape index (κ2) is 4.59. The molecule has 0 bridgehead atoms. The van der Waals surface area contributed by atoms with Gasteiger partial charge < -0.3 is 5.32 Å². The summed E-state index contributed by atoms with van der Waals surface area (Å²) in [6, 6.07) is 2.24. The predicted molar refractivity (Wildman–Crippen MR) is 51.9 cm³/mol. The van der Waals surface area contributed by atoms with E-state index in [2.05, 4.69) is 0 Å². The Bertz CT molecular complexity index is 387. The second-order valence-electron chi connectivity index (χ2n) is 3.28. The van der Waals surface area contributed by atoms with Crippen molar-refractivity contribution in [3.8, 4) is 0 Å². The maximum atomic E-state index is 12.6. The Kier molecular flexibility index (Phi) is 3.75. The second-order valence-corrected chi connectivity index (χ2v) is 4.26. The van der Waals surface area contributed by atoms with Crippen LogP contribution in [0.1, 0.15) is 17.8 Å². The number of carbonyl (C=O) groups excluding carboxylic acids is 1. The first-order valence-electron chi connectivity index (χ1n) is 4.45. The molecular weight excluding hydrogens is 265 g/mol. The van der Waals surface area contributed by atoms with E-state index in [-0.39, 0.29) is 0 Å². The van der Waals surface area contributed by atoms with Crippen LogP contribution in [0.3, 0.4) is 0 Å². The molecule has 0 saturated carbocycles. The molecule has 0 spiro atoms. The molecule has 0 fully saturated rings. The summed E-state index contributed by atoms with van der Waals surface area (Å²) in [6.07, 6.45) is -5.88. The number of hydrogen-bond acceptors (Lipinski definition) is 2. The molecule has 0 radical (unpaired) electrons. The fraction of sp³-hybridized carbons (Fsp3) is 0.444. The number of hydrogen-bond donors (Lipinski definition) is 1. The van der Waals surface area contributed by atoms with Gasteiger partial charge in [-0.1, -0.05) is 6.07 Å². The average Bonchev–Trinajstić information content (AvgIpc) is 2.68. The Balaban J connectivity index is 2.73. The normalized spacial score (nSPS) is 14.5. The van der Waals surface area contributed by atoms with Gasteiger partial charge in [-0.25, -0.2) is 0 Å². The first-order chi connectivity index (χ1) is 7.66. The maximum Gasteiger partial charge on any atom is 0.463 e. The molecule has 1 N–H and O–H groups in total. The van der Waals surface area contributed by atoms with E-state index in [0.29, 0.717) is 4.88 Å². The summed E-state index contributed by atoms with van der Waals surface area (Å²) in [7, 11) is 0. The highest BCUT2D eigenvalue weighted by Gasteiger charge is 2.63. The van der Waals surface area contributed by atoms with Crippen LogP contribution in [0.2, 0.25) is 0 Å². The van der Waals surface area contributed by atoms with Gasteiger partial charge in [0.15, 0.2) is 0 Å². The summed E-state index contributed by atoms with van der Waals surface area (Å²) in [5.41, 5.74) is 0. The number of carbonyl (C=O) groups is 1. The number of halogens is 5. The minimum Gasteiger partial charge on any atom is -0.343 e. The van der Waals surface area contributed by atoms with Crippen LogP contribution < -0.4 is 5.32 Å². The van der Waals surface area contributed by atoms with Crippen molar-refractivity contribution >= 4 is 17.2 Å². The Hall–Kier alpha value is -1.18. The van der Waals surface area contributed by atoms with E-state index in [1.54, 1.807) is 16.8 Å². The van der Waals surface area contributed by atoms with Crippen molar-refractivity contribution in [2.75, 3.05) is 0 Å². The highest BCUT2D eigenvalue weighted by atomic mass is 32.1. The Morgan fingerprint density at radius 2 is 1.94 bits per heavy atom. The van der Waals surface area contributed by atoms with Gasteiger partial charge in [0.25, 0.3) is 0 Å². The number of amides is 1. The zero-order valence-electron chi connectivity index (χ0n) is 8.52. The predicted octanol–water partition coefficient (Wildman–Crippen LogP) is 3.12. The van der Waals surface area contributed by atoms with Gasteiger partial charge in [-0.3, -0.25) is 4.79 Å². The summed E-state index contributed by atoms with van der Waals surface area (Å²) in [4.78, 5) is 11.3. The molecule has 8 heteroatoms. The monoisotopic (exact) mass is 273 g/mol. The molecule has 1 amide bonds. The lowest BCUT2D eigenvalue weighted by atomic mass is 10.2. The van der Waals surface area contributed by atoms with Crippen LogP contribution >= 0.6 is 11.3 Å². The molecule has 1 heterocycles. The van der Waals surface area contributed by atoms with Gasteiger partial charge in [0.2, 0.25) is 0 Å². The molecule has 0 aromatic carbocycles. The largest absolute Gasteiger partial charge is 0.463 e. The molecule has 1 aromatic heterocycles. The van der Waals surface area contributed by atoms with Crippen molar-refractivity contribution in [3.05, 3.63) is 22.4 Å². The van der Waals surface area contributed by atoms with Crippen molar-refractivity contribution in [2.24, 2.45) is 0 Å². The van der Waals surface area contributed by atoms with Gasteiger partial charge in [0.1, 0.15) is 0 Å². The molecule has 96 valence electrons. The standard InChI is InChI=1S/C9H8F5NOS/c1-5(6-3-2-4-17-6)15-7(16)8(10,11)9(12,13)14/h2-5H,1H3,(H,15,16)/t5-/m1/s1. The van der Waals surface area contributed by atoms with Gasteiger partial charge in [-0.05, 0) is 18.4 Å². The molecule has 0 aliphatic carbocycles. The van der Waals surface area contributed by atoms with Crippen LogP contribution in [-0.4, -0.2) is 18.0 Å². The average molecular weight is 273 g/mol. The van der Waals surface area contributed by atoms with E-state index in [0.717, 1.165) is 11.3 Å². The van der Waals surface area contributed by atoms with Gasteiger partial charge in [0, 0.05) is 4.88 Å². The molecule has 2 nitrogen and oxygen atoms in total. The van der Waals surface area contributed by atoms with E-state index < -0.39 is 24.0 Å². The fourth-order valence-corrected chi connectivity index (χ4v) is 1.76. The van der Waals surface area contributed by atoms with Crippen molar-refractivity contribution in [3.63, 3.8) is 0 Å². The molecule has 0 aliphatic heterocycles. The molecule has 1 rings (SSSR count). The third-order valence-corrected chi connectivity index (χ3v) is 3.01. The molecule has 17 heavy (non-hydrogen) atoms. The van der Waals surface area contributed by atoms with Gasteiger partial charge in [0.05, 0.1) is 6.04 Å². The molecule has 1 atom stereocenters. The summed E-state index contributed by atoms with van der Waals surface area (Å²) in [6.45, 7) is 1.33. The van der Waals surface area contributed by atoms with Gasteiger partial charge >= 0.3 is 18.0 Å². The SMILES string of the molecule is C[C@@H](NC(=O)C(F)(F)C(F)(F)F)c1cccs1. The maximum absolute atomic E-state index is 12.6. The zero-order valence-corrected chi connectivity index (χ0v) is 9.33. The van der Waals surface area contributed by atoms with Crippen molar-refractivity contribution < 1.29 is 26.7 Å². The van der Waals surface area contributed by atoms with Crippen LogP contribution in [0.4, 0.5) is 22.0 Å². The summed E-state index contributed by atoms with van der Waals surface area (Å²) in [5.74, 6) is -7.72. The number of rotatable bonds is 3. The van der Waals surface area contributed by atoms with Crippen LogP contribution in [0.5, 0.6) is 0 Å². The van der Waals surface area contributed by atoms with E-state index in [1.807, 2.05) is 0 Å². The molecule has 0 saturated heterocycles. The first kappa shape index (κ1) is 13.9. The van der Waals surface area contributed by atoms with Crippen molar-refractivity contribution in [2.45, 2.75) is 25.1 Å².